The zero-order chi connectivity index (χ0) is 32.9. The predicted octanol–water partition coefficient (Wildman–Crippen LogP) is 2.26. The molecule has 0 aromatic heterocycles. The fourth-order valence-corrected chi connectivity index (χ4v) is 2.05. The molecule has 2 fully saturated rings. The van der Waals surface area contributed by atoms with Gasteiger partial charge in [-0.05, 0) is 38.5 Å². The first kappa shape index (κ1) is 53.4. The Morgan fingerprint density at radius 2 is 1.14 bits per heavy atom. The quantitative estimate of drug-likeness (QED) is 0.132. The van der Waals surface area contributed by atoms with Crippen LogP contribution in [-0.2, 0) is 52.4 Å². The van der Waals surface area contributed by atoms with Crippen molar-refractivity contribution in [3.05, 3.63) is 12.2 Å². The lowest BCUT2D eigenvalue weighted by Gasteiger charge is -1.96. The molecule has 16 nitrogen and oxygen atoms in total. The molecule has 5 N–H and O–H groups in total. The van der Waals surface area contributed by atoms with Gasteiger partial charge < -0.3 is 54.7 Å². The smallest absolute Gasteiger partial charge is 0.870 e. The van der Waals surface area contributed by atoms with Gasteiger partial charge in [-0.3, -0.25) is 14.4 Å². The number of aliphatic hydroxyl groups is 3. The number of carbonyl (C=O) groups is 5. The third-order valence-corrected chi connectivity index (χ3v) is 4.44. The van der Waals surface area contributed by atoms with Crippen molar-refractivity contribution in [3.8, 4) is 0 Å². The zero-order valence-electron chi connectivity index (χ0n) is 28.7. The third-order valence-electron chi connectivity index (χ3n) is 4.44. The Balaban J connectivity index is -0.0000000389. The molecule has 0 radical (unpaired) electrons. The van der Waals surface area contributed by atoms with E-state index in [0.29, 0.717) is 19.6 Å². The second-order valence-corrected chi connectivity index (χ2v) is 7.91. The molecule has 2 aliphatic heterocycles. The average Bonchev–Trinajstić information content (AvgIpc) is 3.76. The molecular weight excluding hydrogens is 592 g/mol. The van der Waals surface area contributed by atoms with E-state index in [1.807, 2.05) is 0 Å². The van der Waals surface area contributed by atoms with E-state index in [9.17, 15) is 24.0 Å². The zero-order valence-corrected chi connectivity index (χ0v) is 26.7. The van der Waals surface area contributed by atoms with Crippen LogP contribution < -0.4 is 0 Å². The highest BCUT2D eigenvalue weighted by Crippen LogP contribution is 2.01. The van der Waals surface area contributed by atoms with Gasteiger partial charge in [-0.25, -0.2) is 9.59 Å². The first-order valence-corrected chi connectivity index (χ1v) is 13.7. The Labute approximate surface area is 267 Å². The molecular formula is C28H62O16. The maximum atomic E-state index is 10.4. The summed E-state index contributed by atoms with van der Waals surface area (Å²) in [5, 5.41) is 24.2. The summed E-state index contributed by atoms with van der Waals surface area (Å²) in [7, 11) is 5.01. The number of rotatable bonds is 10. The summed E-state index contributed by atoms with van der Waals surface area (Å²) in [5.74, 6) is -2.00. The van der Waals surface area contributed by atoms with Gasteiger partial charge in [0.25, 0.3) is 0 Å². The summed E-state index contributed by atoms with van der Waals surface area (Å²) in [6.45, 7) is 5.42. The monoisotopic (exact) mass is 654 g/mol. The minimum atomic E-state index is -0.578. The highest BCUT2D eigenvalue weighted by molar-refractivity contribution is 5.91. The van der Waals surface area contributed by atoms with E-state index in [4.69, 9.17) is 20.1 Å². The first-order chi connectivity index (χ1) is 20.1. The number of carbonyl (C=O) groups excluding carboxylic acids is 5. The van der Waals surface area contributed by atoms with Crippen LogP contribution in [0.25, 0.3) is 0 Å². The topological polar surface area (TPSA) is 261 Å². The standard InChI is InChI=1S/C6H10O4.C6H8O4.C4H6O2.C4H10O2.C4H8O.C4H10O.2H2O.3H2/c2*1-9-5(7)3-4-6(8)10-2;5-4-2-1-3-6-4;5-3-1-2-4-6;1-2-4-5-3-1;1-2-3-4-5;;;;;/h3-4H2,1-2H3;3-4H,1-2H3;1-3H2;5-6H,1-4H2;1-4H2;5H,2-4H2,1H3;2*1H2;3*1H/b;4-3-;;;;;;;;;. The van der Waals surface area contributed by atoms with Crippen molar-refractivity contribution in [1.29, 1.82) is 0 Å². The number of cyclic esters (lactones) is 1. The predicted molar refractivity (Wildman–Crippen MR) is 165 cm³/mol. The molecule has 0 aromatic carbocycles. The molecule has 44 heavy (non-hydrogen) atoms. The van der Waals surface area contributed by atoms with Crippen LogP contribution in [0.2, 0.25) is 0 Å². The third kappa shape index (κ3) is 54.9. The minimum Gasteiger partial charge on any atom is -0.870 e. The lowest BCUT2D eigenvalue weighted by molar-refractivity contribution is -0.147. The van der Waals surface area contributed by atoms with Gasteiger partial charge in [0.2, 0.25) is 0 Å². The van der Waals surface area contributed by atoms with Gasteiger partial charge >= 0.3 is 32.7 Å². The van der Waals surface area contributed by atoms with E-state index >= 15 is 0 Å². The fourth-order valence-electron chi connectivity index (χ4n) is 2.05. The molecule has 2 heterocycles. The van der Waals surface area contributed by atoms with Crippen LogP contribution in [-0.4, -0.2) is 124 Å². The summed E-state index contributed by atoms with van der Waals surface area (Å²) < 4.78 is 26.5. The van der Waals surface area contributed by atoms with Crippen LogP contribution in [0.1, 0.15) is 78.3 Å². The van der Waals surface area contributed by atoms with E-state index in [1.54, 1.807) is 0 Å². The maximum absolute atomic E-state index is 10.4. The van der Waals surface area contributed by atoms with Crippen LogP contribution in [0.3, 0.4) is 0 Å². The van der Waals surface area contributed by atoms with Crippen molar-refractivity contribution in [1.82, 2.24) is 0 Å². The van der Waals surface area contributed by atoms with Gasteiger partial charge in [-0.2, -0.15) is 0 Å². The highest BCUT2D eigenvalue weighted by Gasteiger charge is 2.08. The Hall–Kier alpha value is -3.15. The SMILES string of the molecule is C1CCOC1.CCCCO.COC(=O)/C=C\C(=O)OC.COC(=O)CCC(=O)OC.O=C1CCCO1.OCCCCO.[H+].[H+].[HH].[HH].[HH].[OH-].[OH-]. The minimum absolute atomic E-state index is 0. The van der Waals surface area contributed by atoms with Gasteiger partial charge in [-0.15, -0.1) is 0 Å². The normalized spacial score (nSPS) is 11.9. The molecule has 2 aliphatic rings. The van der Waals surface area contributed by atoms with E-state index in [2.05, 4.69) is 30.6 Å². The summed E-state index contributed by atoms with van der Waals surface area (Å²) in [6.07, 6.45) is 9.73. The highest BCUT2D eigenvalue weighted by atomic mass is 16.5. The lowest BCUT2D eigenvalue weighted by atomic mass is 10.3. The molecule has 2 saturated heterocycles. The number of methoxy groups -OCH3 is 4. The molecule has 0 unspecified atom stereocenters. The van der Waals surface area contributed by atoms with Gasteiger partial charge in [-0.1, -0.05) is 13.3 Å². The van der Waals surface area contributed by atoms with E-state index in [0.717, 1.165) is 57.5 Å². The number of hydrogen-bond donors (Lipinski definition) is 3. The van der Waals surface area contributed by atoms with Crippen molar-refractivity contribution >= 4 is 29.8 Å². The van der Waals surface area contributed by atoms with Crippen LogP contribution >= 0.6 is 0 Å². The average molecular weight is 655 g/mol. The molecule has 0 spiro atoms. The molecule has 0 saturated carbocycles. The Kier molecular flexibility index (Phi) is 56.8. The van der Waals surface area contributed by atoms with E-state index in [-0.39, 0.29) is 50.1 Å². The Morgan fingerprint density at radius 1 is 0.727 bits per heavy atom. The fraction of sp³-hybridized carbons (Fsp3) is 0.750. The second kappa shape index (κ2) is 46.8. The second-order valence-electron chi connectivity index (χ2n) is 7.91. The summed E-state index contributed by atoms with van der Waals surface area (Å²) >= 11 is 0. The molecule has 0 aliphatic carbocycles. The molecule has 2 rings (SSSR count). The van der Waals surface area contributed by atoms with Gasteiger partial charge in [0.1, 0.15) is 0 Å². The molecule has 0 aromatic rings. The van der Waals surface area contributed by atoms with Crippen molar-refractivity contribution < 1.29 is 85.8 Å². The number of hydrogen-bond acceptors (Lipinski definition) is 16. The van der Waals surface area contributed by atoms with Crippen LogP contribution in [0.15, 0.2) is 12.2 Å². The number of esters is 5. The summed E-state index contributed by atoms with van der Waals surface area (Å²) in [4.78, 5) is 51.5. The van der Waals surface area contributed by atoms with Crippen LogP contribution in [0.4, 0.5) is 0 Å². The molecule has 0 amide bonds. The number of ether oxygens (including phenoxy) is 6. The van der Waals surface area contributed by atoms with Crippen LogP contribution in [0.5, 0.6) is 0 Å². The van der Waals surface area contributed by atoms with Gasteiger partial charge in [0, 0.05) is 55.9 Å². The molecule has 0 atom stereocenters. The van der Waals surface area contributed by atoms with Gasteiger partial charge in [0.15, 0.2) is 0 Å². The van der Waals surface area contributed by atoms with E-state index in [1.165, 1.54) is 41.3 Å². The largest absolute Gasteiger partial charge is 1.00 e. The van der Waals surface area contributed by atoms with Crippen molar-refractivity contribution in [2.75, 3.05) is 68.1 Å². The van der Waals surface area contributed by atoms with Crippen molar-refractivity contribution in [2.45, 2.75) is 71.1 Å². The van der Waals surface area contributed by atoms with Crippen molar-refractivity contribution in [2.24, 2.45) is 0 Å². The van der Waals surface area contributed by atoms with E-state index < -0.39 is 23.9 Å². The first-order valence-electron chi connectivity index (χ1n) is 13.7. The maximum Gasteiger partial charge on any atom is 1.00 e. The number of unbranched alkanes of at least 4 members (excludes halogenated alkanes) is 2. The van der Waals surface area contributed by atoms with Gasteiger partial charge in [0.05, 0.1) is 47.9 Å². The van der Waals surface area contributed by atoms with Crippen LogP contribution in [0, 0.1) is 0 Å². The van der Waals surface area contributed by atoms with Crippen molar-refractivity contribution in [3.63, 3.8) is 0 Å². The summed E-state index contributed by atoms with van der Waals surface area (Å²) in [6, 6.07) is 0. The number of aliphatic hydroxyl groups excluding tert-OH is 3. The lowest BCUT2D eigenvalue weighted by Crippen LogP contribution is -2.06. The molecule has 0 bridgehead atoms. The molecule has 270 valence electrons. The molecule has 16 heteroatoms. The Bertz CT molecular complexity index is 646. The summed E-state index contributed by atoms with van der Waals surface area (Å²) in [5.41, 5.74) is 0. The Morgan fingerprint density at radius 3 is 1.30 bits per heavy atom.